The van der Waals surface area contributed by atoms with Gasteiger partial charge in [0.15, 0.2) is 0 Å². The Morgan fingerprint density at radius 2 is 2.24 bits per heavy atom. The third-order valence-electron chi connectivity index (χ3n) is 2.72. The Morgan fingerprint density at radius 3 is 2.82 bits per heavy atom. The van der Waals surface area contributed by atoms with Gasteiger partial charge in [0, 0.05) is 19.3 Å². The van der Waals surface area contributed by atoms with E-state index in [1.807, 2.05) is 12.1 Å². The van der Waals surface area contributed by atoms with E-state index in [1.165, 1.54) is 0 Å². The van der Waals surface area contributed by atoms with Crippen molar-refractivity contribution in [3.63, 3.8) is 0 Å². The molecule has 0 aliphatic rings. The molecule has 0 bridgehead atoms. The summed E-state index contributed by atoms with van der Waals surface area (Å²) in [6.45, 7) is 2.09. The van der Waals surface area contributed by atoms with Crippen LogP contribution in [0.3, 0.4) is 0 Å². The lowest BCUT2D eigenvalue weighted by Crippen LogP contribution is -2.16. The molecule has 0 radical (unpaired) electrons. The number of nitrogens with one attached hydrogen (secondary N) is 1. The molecule has 0 aliphatic heterocycles. The van der Waals surface area contributed by atoms with Crippen LogP contribution in [0.15, 0.2) is 45.9 Å². The van der Waals surface area contributed by atoms with Crippen molar-refractivity contribution < 1.29 is 4.42 Å². The molecule has 0 amide bonds. The number of hydrogen-bond donors (Lipinski definition) is 1. The van der Waals surface area contributed by atoms with Crippen LogP contribution in [0.25, 0.3) is 0 Å². The molecule has 90 valence electrons. The van der Waals surface area contributed by atoms with Crippen LogP contribution in [0.5, 0.6) is 0 Å². The smallest absolute Gasteiger partial charge is 0.250 e. The Kier molecular flexibility index (Phi) is 3.32. The van der Waals surface area contributed by atoms with Gasteiger partial charge in [-0.05, 0) is 24.6 Å². The maximum atomic E-state index is 11.3. The van der Waals surface area contributed by atoms with E-state index < -0.39 is 0 Å². The van der Waals surface area contributed by atoms with E-state index in [2.05, 4.69) is 12.2 Å². The summed E-state index contributed by atoms with van der Waals surface area (Å²) >= 11 is 0. The molecule has 0 saturated heterocycles. The monoisotopic (exact) mass is 232 g/mol. The summed E-state index contributed by atoms with van der Waals surface area (Å²) in [5, 5.41) is 3.35. The summed E-state index contributed by atoms with van der Waals surface area (Å²) < 4.78 is 6.93. The largest absolute Gasteiger partial charge is 0.467 e. The Labute approximate surface area is 99.9 Å². The number of aryl methyl sites for hydroxylation is 1. The molecule has 1 atom stereocenters. The van der Waals surface area contributed by atoms with Crippen LogP contribution in [0, 0.1) is 0 Å². The summed E-state index contributed by atoms with van der Waals surface area (Å²) in [4.78, 5) is 11.3. The molecule has 0 aliphatic carbocycles. The number of anilines is 1. The minimum atomic E-state index is -0.0124. The van der Waals surface area contributed by atoms with E-state index in [0.29, 0.717) is 0 Å². The first-order chi connectivity index (χ1) is 8.20. The molecule has 17 heavy (non-hydrogen) atoms. The molecule has 0 aromatic carbocycles. The SMILES string of the molecule is CCC(Nc1ccc(=O)n(C)c1)c1ccco1. The fraction of sp³-hybridized carbons (Fsp3) is 0.308. The van der Waals surface area contributed by atoms with E-state index in [-0.39, 0.29) is 11.6 Å². The van der Waals surface area contributed by atoms with Crippen molar-refractivity contribution in [1.29, 1.82) is 0 Å². The van der Waals surface area contributed by atoms with Crippen LogP contribution in [0.2, 0.25) is 0 Å². The average Bonchev–Trinajstić information content (AvgIpc) is 2.84. The van der Waals surface area contributed by atoms with Gasteiger partial charge in [0.1, 0.15) is 5.76 Å². The topological polar surface area (TPSA) is 47.2 Å². The predicted octanol–water partition coefficient (Wildman–Crippen LogP) is 2.54. The van der Waals surface area contributed by atoms with Gasteiger partial charge in [-0.1, -0.05) is 6.92 Å². The highest BCUT2D eigenvalue weighted by Crippen LogP contribution is 2.21. The number of aromatic nitrogens is 1. The van der Waals surface area contributed by atoms with Gasteiger partial charge in [-0.2, -0.15) is 0 Å². The van der Waals surface area contributed by atoms with Gasteiger partial charge in [-0.15, -0.1) is 0 Å². The van der Waals surface area contributed by atoms with Crippen molar-refractivity contribution in [2.45, 2.75) is 19.4 Å². The highest BCUT2D eigenvalue weighted by Gasteiger charge is 2.11. The van der Waals surface area contributed by atoms with Gasteiger partial charge in [0.05, 0.1) is 18.0 Å². The second-order valence-electron chi connectivity index (χ2n) is 3.99. The van der Waals surface area contributed by atoms with Crippen molar-refractivity contribution >= 4 is 5.69 Å². The quantitative estimate of drug-likeness (QED) is 0.881. The molecular formula is C13H16N2O2. The molecule has 4 nitrogen and oxygen atoms in total. The Morgan fingerprint density at radius 1 is 1.41 bits per heavy atom. The van der Waals surface area contributed by atoms with Gasteiger partial charge < -0.3 is 14.3 Å². The van der Waals surface area contributed by atoms with Crippen LogP contribution in [0.4, 0.5) is 5.69 Å². The minimum absolute atomic E-state index is 0.0124. The zero-order valence-corrected chi connectivity index (χ0v) is 10.0. The molecule has 2 aromatic rings. The Hall–Kier alpha value is -1.97. The van der Waals surface area contributed by atoms with Gasteiger partial charge in [0.2, 0.25) is 5.56 Å². The zero-order valence-electron chi connectivity index (χ0n) is 10.0. The van der Waals surface area contributed by atoms with Gasteiger partial charge in [-0.25, -0.2) is 0 Å². The second-order valence-corrected chi connectivity index (χ2v) is 3.99. The molecule has 2 aromatic heterocycles. The van der Waals surface area contributed by atoms with E-state index in [4.69, 9.17) is 4.42 Å². The predicted molar refractivity (Wildman–Crippen MR) is 67.0 cm³/mol. The number of pyridine rings is 1. The fourth-order valence-electron chi connectivity index (χ4n) is 1.74. The Balaban J connectivity index is 2.19. The summed E-state index contributed by atoms with van der Waals surface area (Å²) in [5.74, 6) is 0.904. The first kappa shape index (κ1) is 11.5. The maximum Gasteiger partial charge on any atom is 0.250 e. The number of hydrogen-bond acceptors (Lipinski definition) is 3. The minimum Gasteiger partial charge on any atom is -0.467 e. The molecule has 0 saturated carbocycles. The van der Waals surface area contributed by atoms with Crippen LogP contribution in [-0.4, -0.2) is 4.57 Å². The van der Waals surface area contributed by atoms with E-state index >= 15 is 0 Å². The van der Waals surface area contributed by atoms with Crippen molar-refractivity contribution in [2.75, 3.05) is 5.32 Å². The van der Waals surface area contributed by atoms with Crippen LogP contribution >= 0.6 is 0 Å². The molecule has 0 fully saturated rings. The Bertz CT molecular complexity index is 529. The molecule has 2 heterocycles. The number of rotatable bonds is 4. The third kappa shape index (κ3) is 2.58. The van der Waals surface area contributed by atoms with Gasteiger partial charge in [-0.3, -0.25) is 4.79 Å². The van der Waals surface area contributed by atoms with Crippen molar-refractivity contribution in [3.05, 3.63) is 52.8 Å². The lowest BCUT2D eigenvalue weighted by atomic mass is 10.1. The van der Waals surface area contributed by atoms with Crippen LogP contribution in [-0.2, 0) is 7.05 Å². The summed E-state index contributed by atoms with van der Waals surface area (Å²) in [5.41, 5.74) is 0.900. The first-order valence-corrected chi connectivity index (χ1v) is 5.67. The van der Waals surface area contributed by atoms with E-state index in [9.17, 15) is 4.79 Å². The zero-order chi connectivity index (χ0) is 12.3. The average molecular weight is 232 g/mol. The standard InChI is InChI=1S/C13H16N2O2/c1-3-11(12-5-4-8-17-12)14-10-6-7-13(16)15(2)9-10/h4-9,11,14H,3H2,1-2H3. The summed E-state index contributed by atoms with van der Waals surface area (Å²) in [7, 11) is 1.74. The van der Waals surface area contributed by atoms with Gasteiger partial charge >= 0.3 is 0 Å². The number of nitrogens with zero attached hydrogens (tertiary/aromatic N) is 1. The van der Waals surface area contributed by atoms with Crippen LogP contribution < -0.4 is 10.9 Å². The van der Waals surface area contributed by atoms with Gasteiger partial charge in [0.25, 0.3) is 0 Å². The lowest BCUT2D eigenvalue weighted by Gasteiger charge is -2.16. The molecule has 1 unspecified atom stereocenters. The molecular weight excluding hydrogens is 216 g/mol. The second kappa shape index (κ2) is 4.91. The summed E-state index contributed by atoms with van der Waals surface area (Å²) in [6.07, 6.45) is 4.37. The molecule has 1 N–H and O–H groups in total. The highest BCUT2D eigenvalue weighted by atomic mass is 16.3. The van der Waals surface area contributed by atoms with Crippen molar-refractivity contribution in [3.8, 4) is 0 Å². The van der Waals surface area contributed by atoms with E-state index in [0.717, 1.165) is 17.9 Å². The van der Waals surface area contributed by atoms with E-state index in [1.54, 1.807) is 36.2 Å². The molecule has 4 heteroatoms. The van der Waals surface area contributed by atoms with Crippen LogP contribution in [0.1, 0.15) is 25.1 Å². The number of furan rings is 1. The summed E-state index contributed by atoms with van der Waals surface area (Å²) in [6, 6.07) is 7.29. The van der Waals surface area contributed by atoms with Crippen molar-refractivity contribution in [1.82, 2.24) is 4.57 Å². The lowest BCUT2D eigenvalue weighted by molar-refractivity contribution is 0.473. The van der Waals surface area contributed by atoms with Crippen molar-refractivity contribution in [2.24, 2.45) is 7.05 Å². The normalized spacial score (nSPS) is 12.4. The highest BCUT2D eigenvalue weighted by molar-refractivity contribution is 5.42. The fourth-order valence-corrected chi connectivity index (χ4v) is 1.74. The molecule has 2 rings (SSSR count). The molecule has 0 spiro atoms. The first-order valence-electron chi connectivity index (χ1n) is 5.67. The third-order valence-corrected chi connectivity index (χ3v) is 2.72. The maximum absolute atomic E-state index is 11.3.